The molecule has 0 spiro atoms. The third kappa shape index (κ3) is 0.693. The highest BCUT2D eigenvalue weighted by atomic mass is 16.3. The van der Waals surface area contributed by atoms with E-state index in [1.165, 1.54) is 38.5 Å². The zero-order valence-electron chi connectivity index (χ0n) is 7.63. The molecule has 1 heteroatoms. The topological polar surface area (TPSA) is 20.2 Å². The summed E-state index contributed by atoms with van der Waals surface area (Å²) >= 11 is 0. The average Bonchev–Trinajstić information content (AvgIpc) is 2.57. The minimum Gasteiger partial charge on any atom is -0.393 e. The monoisotopic (exact) mass is 166 g/mol. The zero-order chi connectivity index (χ0) is 8.18. The summed E-state index contributed by atoms with van der Waals surface area (Å²) in [6, 6.07) is 0. The highest BCUT2D eigenvalue weighted by molar-refractivity contribution is 5.08. The van der Waals surface area contributed by atoms with Crippen molar-refractivity contribution in [1.82, 2.24) is 0 Å². The smallest absolute Gasteiger partial charge is 0.0601 e. The molecule has 0 amide bonds. The van der Waals surface area contributed by atoms with Crippen molar-refractivity contribution >= 4 is 0 Å². The average molecular weight is 166 g/mol. The van der Waals surface area contributed by atoms with Gasteiger partial charge in [0.1, 0.15) is 0 Å². The molecule has 1 nitrogen and oxygen atoms in total. The molecule has 1 N–H and O–H groups in total. The molecule has 4 atom stereocenters. The lowest BCUT2D eigenvalue weighted by molar-refractivity contribution is 0.000950. The summed E-state index contributed by atoms with van der Waals surface area (Å²) in [6.45, 7) is 0. The van der Waals surface area contributed by atoms with Crippen LogP contribution in [0.2, 0.25) is 0 Å². The van der Waals surface area contributed by atoms with Gasteiger partial charge in [0, 0.05) is 0 Å². The lowest BCUT2D eigenvalue weighted by atomic mass is 9.68. The molecule has 68 valence electrons. The van der Waals surface area contributed by atoms with Crippen LogP contribution >= 0.6 is 0 Å². The summed E-state index contributed by atoms with van der Waals surface area (Å²) in [4.78, 5) is 0. The Morgan fingerprint density at radius 2 is 2.00 bits per heavy atom. The van der Waals surface area contributed by atoms with Crippen molar-refractivity contribution in [2.75, 3.05) is 0 Å². The van der Waals surface area contributed by atoms with Crippen molar-refractivity contribution in [1.29, 1.82) is 0 Å². The van der Waals surface area contributed by atoms with Crippen LogP contribution in [0.4, 0.5) is 0 Å². The normalized spacial score (nSPS) is 57.2. The molecule has 0 aromatic carbocycles. The van der Waals surface area contributed by atoms with E-state index in [-0.39, 0.29) is 6.10 Å². The number of rotatable bonds is 0. The van der Waals surface area contributed by atoms with Gasteiger partial charge in [-0.25, -0.2) is 0 Å². The van der Waals surface area contributed by atoms with Crippen LogP contribution in [0.5, 0.6) is 0 Å². The highest BCUT2D eigenvalue weighted by Gasteiger charge is 2.58. The molecule has 12 heavy (non-hydrogen) atoms. The second kappa shape index (κ2) is 2.25. The van der Waals surface area contributed by atoms with Gasteiger partial charge in [-0.3, -0.25) is 0 Å². The van der Waals surface area contributed by atoms with Crippen molar-refractivity contribution in [2.45, 2.75) is 51.0 Å². The predicted molar refractivity (Wildman–Crippen MR) is 47.7 cm³/mol. The van der Waals surface area contributed by atoms with Gasteiger partial charge < -0.3 is 5.11 Å². The number of hydrogen-bond donors (Lipinski definition) is 1. The number of hydrogen-bond acceptors (Lipinski definition) is 1. The second-order valence-electron chi connectivity index (χ2n) is 5.14. The van der Waals surface area contributed by atoms with Gasteiger partial charge in [-0.15, -0.1) is 0 Å². The van der Waals surface area contributed by atoms with Crippen molar-refractivity contribution in [3.05, 3.63) is 0 Å². The largest absolute Gasteiger partial charge is 0.393 e. The molecule has 3 saturated carbocycles. The Kier molecular flexibility index (Phi) is 1.39. The van der Waals surface area contributed by atoms with Crippen molar-refractivity contribution in [3.8, 4) is 0 Å². The van der Waals surface area contributed by atoms with Gasteiger partial charge in [0.15, 0.2) is 0 Å². The molecule has 0 aliphatic heterocycles. The molecule has 3 aliphatic rings. The van der Waals surface area contributed by atoms with Gasteiger partial charge >= 0.3 is 0 Å². The molecule has 3 fully saturated rings. The van der Waals surface area contributed by atoms with Crippen LogP contribution in [0, 0.1) is 17.3 Å². The van der Waals surface area contributed by atoms with Gasteiger partial charge in [0.25, 0.3) is 0 Å². The molecule has 2 bridgehead atoms. The first-order chi connectivity index (χ1) is 5.83. The molecule has 3 aliphatic carbocycles. The first kappa shape index (κ1) is 7.37. The zero-order valence-corrected chi connectivity index (χ0v) is 7.63. The molecule has 0 radical (unpaired) electrons. The summed E-state index contributed by atoms with van der Waals surface area (Å²) < 4.78 is 0. The Morgan fingerprint density at radius 3 is 2.75 bits per heavy atom. The summed E-state index contributed by atoms with van der Waals surface area (Å²) in [6.07, 6.45) is 9.50. The van der Waals surface area contributed by atoms with E-state index in [0.717, 1.165) is 18.3 Å². The van der Waals surface area contributed by atoms with Crippen LogP contribution in [0.3, 0.4) is 0 Å². The van der Waals surface area contributed by atoms with Crippen molar-refractivity contribution in [2.24, 2.45) is 17.3 Å². The van der Waals surface area contributed by atoms with E-state index >= 15 is 0 Å². The van der Waals surface area contributed by atoms with E-state index in [0.29, 0.717) is 5.41 Å². The van der Waals surface area contributed by atoms with Crippen molar-refractivity contribution in [3.63, 3.8) is 0 Å². The molecular weight excluding hydrogens is 148 g/mol. The van der Waals surface area contributed by atoms with E-state index in [1.54, 1.807) is 0 Å². The van der Waals surface area contributed by atoms with Crippen LogP contribution in [0.1, 0.15) is 44.9 Å². The maximum absolute atomic E-state index is 10.0. The molecule has 0 aromatic heterocycles. The first-order valence-corrected chi connectivity index (χ1v) is 5.51. The van der Waals surface area contributed by atoms with Gasteiger partial charge in [-0.05, 0) is 49.4 Å². The quantitative estimate of drug-likeness (QED) is 0.585. The molecule has 0 aromatic rings. The lowest BCUT2D eigenvalue weighted by Gasteiger charge is -2.39. The Morgan fingerprint density at radius 1 is 1.08 bits per heavy atom. The Hall–Kier alpha value is -0.0400. The Labute approximate surface area is 74.2 Å². The van der Waals surface area contributed by atoms with E-state index in [2.05, 4.69) is 0 Å². The Balaban J connectivity index is 1.97. The van der Waals surface area contributed by atoms with Gasteiger partial charge in [0.2, 0.25) is 0 Å². The van der Waals surface area contributed by atoms with Gasteiger partial charge in [-0.2, -0.15) is 0 Å². The maximum atomic E-state index is 10.0. The predicted octanol–water partition coefficient (Wildman–Crippen LogP) is 2.34. The molecule has 4 unspecified atom stereocenters. The third-order valence-electron chi connectivity index (χ3n) is 4.89. The fourth-order valence-electron chi connectivity index (χ4n) is 4.35. The summed E-state index contributed by atoms with van der Waals surface area (Å²) in [5, 5.41) is 10.0. The van der Waals surface area contributed by atoms with Crippen molar-refractivity contribution < 1.29 is 5.11 Å². The van der Waals surface area contributed by atoms with Crippen LogP contribution < -0.4 is 0 Å². The number of aliphatic hydroxyl groups excluding tert-OH is 1. The highest BCUT2D eigenvalue weighted by Crippen LogP contribution is 2.63. The SMILES string of the molecule is OC1CC2CCC13CCCCC23. The van der Waals surface area contributed by atoms with E-state index in [1.807, 2.05) is 0 Å². The van der Waals surface area contributed by atoms with E-state index in [9.17, 15) is 5.11 Å². The Bertz CT molecular complexity index is 201. The fraction of sp³-hybridized carbons (Fsp3) is 1.00. The van der Waals surface area contributed by atoms with Gasteiger partial charge in [0.05, 0.1) is 6.10 Å². The third-order valence-corrected chi connectivity index (χ3v) is 4.89. The molecule has 3 rings (SSSR count). The molecule has 0 saturated heterocycles. The van der Waals surface area contributed by atoms with Crippen LogP contribution in [-0.4, -0.2) is 11.2 Å². The minimum atomic E-state index is 0.0709. The number of aliphatic hydroxyl groups is 1. The minimum absolute atomic E-state index is 0.0709. The second-order valence-corrected chi connectivity index (χ2v) is 5.14. The van der Waals surface area contributed by atoms with E-state index < -0.39 is 0 Å². The lowest BCUT2D eigenvalue weighted by Crippen LogP contribution is -2.36. The van der Waals surface area contributed by atoms with Gasteiger partial charge in [-0.1, -0.05) is 12.8 Å². The first-order valence-electron chi connectivity index (χ1n) is 5.51. The summed E-state index contributed by atoms with van der Waals surface area (Å²) in [5.74, 6) is 1.82. The van der Waals surface area contributed by atoms with Crippen LogP contribution in [-0.2, 0) is 0 Å². The fourth-order valence-corrected chi connectivity index (χ4v) is 4.35. The maximum Gasteiger partial charge on any atom is 0.0601 e. The summed E-state index contributed by atoms with van der Waals surface area (Å²) in [5.41, 5.74) is 0.420. The molecular formula is C11H18O. The standard InChI is InChI=1S/C11H18O/c12-10-7-8-4-6-11(10)5-2-1-3-9(8)11/h8-10,12H,1-7H2. The van der Waals surface area contributed by atoms with Crippen LogP contribution in [0.15, 0.2) is 0 Å². The van der Waals surface area contributed by atoms with Crippen LogP contribution in [0.25, 0.3) is 0 Å². The summed E-state index contributed by atoms with van der Waals surface area (Å²) in [7, 11) is 0. The van der Waals surface area contributed by atoms with E-state index in [4.69, 9.17) is 0 Å². The molecule has 0 heterocycles.